The molecule has 2 aromatic rings. The Morgan fingerprint density at radius 1 is 1.15 bits per heavy atom. The van der Waals surface area contributed by atoms with Crippen LogP contribution in [-0.2, 0) is 4.79 Å². The highest BCUT2D eigenvalue weighted by Gasteiger charge is 2.14. The molecule has 0 unspecified atom stereocenters. The van der Waals surface area contributed by atoms with Crippen molar-refractivity contribution in [1.82, 2.24) is 4.98 Å². The van der Waals surface area contributed by atoms with Crippen LogP contribution in [0.25, 0.3) is 11.1 Å². The van der Waals surface area contributed by atoms with Gasteiger partial charge in [-0.2, -0.15) is 0 Å². The smallest absolute Gasteiger partial charge is 0.227 e. The molecule has 104 valence electrons. The summed E-state index contributed by atoms with van der Waals surface area (Å²) in [7, 11) is 0. The minimum atomic E-state index is 0.0806. The first kappa shape index (κ1) is 14.3. The maximum atomic E-state index is 12.1. The highest BCUT2D eigenvalue weighted by atomic mass is 16.1. The van der Waals surface area contributed by atoms with Crippen LogP contribution in [0, 0.1) is 5.92 Å². The van der Waals surface area contributed by atoms with Crippen LogP contribution in [-0.4, -0.2) is 10.9 Å². The van der Waals surface area contributed by atoms with Crippen LogP contribution in [0.5, 0.6) is 0 Å². The Hall–Kier alpha value is -2.16. The molecule has 0 aliphatic heterocycles. The summed E-state index contributed by atoms with van der Waals surface area (Å²) in [4.78, 5) is 16.2. The lowest BCUT2D eigenvalue weighted by Gasteiger charge is -2.13. The van der Waals surface area contributed by atoms with Crippen molar-refractivity contribution >= 4 is 11.6 Å². The first-order chi connectivity index (χ1) is 9.74. The largest absolute Gasteiger partial charge is 0.326 e. The van der Waals surface area contributed by atoms with Gasteiger partial charge in [0.05, 0.1) is 0 Å². The fraction of sp³-hybridized carbons (Fsp3) is 0.294. The van der Waals surface area contributed by atoms with E-state index in [9.17, 15) is 4.79 Å². The summed E-state index contributed by atoms with van der Waals surface area (Å²) in [5.74, 6) is 0.176. The van der Waals surface area contributed by atoms with Crippen molar-refractivity contribution in [3.8, 4) is 11.1 Å². The summed E-state index contributed by atoms with van der Waals surface area (Å²) in [6, 6.07) is 11.8. The van der Waals surface area contributed by atoms with Gasteiger partial charge in [-0.1, -0.05) is 32.0 Å². The van der Waals surface area contributed by atoms with E-state index in [1.54, 1.807) is 6.20 Å². The van der Waals surface area contributed by atoms with Crippen LogP contribution < -0.4 is 5.32 Å². The van der Waals surface area contributed by atoms with Gasteiger partial charge in [-0.15, -0.1) is 0 Å². The molecule has 0 fully saturated rings. The number of aromatic nitrogens is 1. The normalized spacial score (nSPS) is 10.6. The molecule has 0 spiro atoms. The van der Waals surface area contributed by atoms with Gasteiger partial charge >= 0.3 is 0 Å². The molecule has 3 heteroatoms. The molecule has 0 aliphatic carbocycles. The fourth-order valence-corrected chi connectivity index (χ4v) is 2.21. The van der Waals surface area contributed by atoms with E-state index in [-0.39, 0.29) is 11.8 Å². The van der Waals surface area contributed by atoms with Crippen LogP contribution >= 0.6 is 0 Å². The molecule has 0 saturated carbocycles. The zero-order valence-electron chi connectivity index (χ0n) is 12.0. The van der Waals surface area contributed by atoms with E-state index in [4.69, 9.17) is 0 Å². The standard InChI is InChI=1S/C17H20N2O/c1-3-13(4-2)17(20)19-16-9-5-7-14(11-16)15-8-6-10-18-12-15/h5-13H,3-4H2,1-2H3,(H,19,20). The average molecular weight is 268 g/mol. The van der Waals surface area contributed by atoms with Crippen LogP contribution in [0.2, 0.25) is 0 Å². The van der Waals surface area contributed by atoms with Crippen molar-refractivity contribution < 1.29 is 4.79 Å². The van der Waals surface area contributed by atoms with Crippen molar-refractivity contribution in [2.45, 2.75) is 26.7 Å². The maximum absolute atomic E-state index is 12.1. The number of rotatable bonds is 5. The second kappa shape index (κ2) is 6.85. The van der Waals surface area contributed by atoms with Crippen LogP contribution in [0.3, 0.4) is 0 Å². The second-order valence-corrected chi connectivity index (χ2v) is 4.83. The van der Waals surface area contributed by atoms with Crippen LogP contribution in [0.15, 0.2) is 48.8 Å². The molecule has 3 nitrogen and oxygen atoms in total. The van der Waals surface area contributed by atoms with Gasteiger partial charge in [0.15, 0.2) is 0 Å². The number of pyridine rings is 1. The van der Waals surface area contributed by atoms with Crippen molar-refractivity contribution in [1.29, 1.82) is 0 Å². The Bertz CT molecular complexity index is 562. The Morgan fingerprint density at radius 2 is 1.90 bits per heavy atom. The SMILES string of the molecule is CCC(CC)C(=O)Nc1cccc(-c2cccnc2)c1. The molecule has 0 bridgehead atoms. The molecule has 0 aliphatic rings. The molecule has 1 N–H and O–H groups in total. The molecule has 1 aromatic carbocycles. The van der Waals surface area contributed by atoms with Gasteiger partial charge in [0.1, 0.15) is 0 Å². The summed E-state index contributed by atoms with van der Waals surface area (Å²) in [5.41, 5.74) is 2.94. The average Bonchev–Trinajstić information content (AvgIpc) is 2.49. The van der Waals surface area contributed by atoms with Crippen LogP contribution in [0.1, 0.15) is 26.7 Å². The predicted octanol–water partition coefficient (Wildman–Crippen LogP) is 4.12. The number of nitrogens with one attached hydrogen (secondary N) is 1. The van der Waals surface area contributed by atoms with Crippen LogP contribution in [0.4, 0.5) is 5.69 Å². The molecular weight excluding hydrogens is 248 g/mol. The quantitative estimate of drug-likeness (QED) is 0.886. The van der Waals surface area contributed by atoms with Gasteiger partial charge in [0, 0.05) is 29.6 Å². The first-order valence-electron chi connectivity index (χ1n) is 7.06. The molecule has 1 heterocycles. The molecule has 1 aromatic heterocycles. The van der Waals surface area contributed by atoms with E-state index in [1.807, 2.05) is 56.4 Å². The van der Waals surface area contributed by atoms with Crippen molar-refractivity contribution in [2.75, 3.05) is 5.32 Å². The lowest BCUT2D eigenvalue weighted by atomic mass is 10.0. The van der Waals surface area contributed by atoms with E-state index < -0.39 is 0 Å². The third kappa shape index (κ3) is 3.44. The highest BCUT2D eigenvalue weighted by molar-refractivity contribution is 5.93. The highest BCUT2D eigenvalue weighted by Crippen LogP contribution is 2.22. The maximum Gasteiger partial charge on any atom is 0.227 e. The number of benzene rings is 1. The summed E-state index contributed by atoms with van der Waals surface area (Å²) in [6.45, 7) is 4.08. The van der Waals surface area contributed by atoms with E-state index in [1.165, 1.54) is 0 Å². The van der Waals surface area contributed by atoms with E-state index in [0.717, 1.165) is 29.7 Å². The Balaban J connectivity index is 2.17. The zero-order valence-corrected chi connectivity index (χ0v) is 12.0. The number of hydrogen-bond acceptors (Lipinski definition) is 2. The van der Waals surface area contributed by atoms with Gasteiger partial charge in [-0.25, -0.2) is 0 Å². The summed E-state index contributed by atoms with van der Waals surface area (Å²) >= 11 is 0. The molecule has 20 heavy (non-hydrogen) atoms. The van der Waals surface area contributed by atoms with Gasteiger partial charge < -0.3 is 5.32 Å². The minimum absolute atomic E-state index is 0.0806. The number of anilines is 1. The Morgan fingerprint density at radius 3 is 2.55 bits per heavy atom. The summed E-state index contributed by atoms with van der Waals surface area (Å²) in [6.07, 6.45) is 5.30. The third-order valence-electron chi connectivity index (χ3n) is 3.48. The second-order valence-electron chi connectivity index (χ2n) is 4.83. The Kier molecular flexibility index (Phi) is 4.88. The molecule has 2 rings (SSSR count). The van der Waals surface area contributed by atoms with Gasteiger partial charge in [0.2, 0.25) is 5.91 Å². The number of carbonyl (C=O) groups is 1. The lowest BCUT2D eigenvalue weighted by Crippen LogP contribution is -2.21. The topological polar surface area (TPSA) is 42.0 Å². The van der Waals surface area contributed by atoms with Gasteiger partial charge in [-0.3, -0.25) is 9.78 Å². The number of carbonyl (C=O) groups excluding carboxylic acids is 1. The van der Waals surface area contributed by atoms with Gasteiger partial charge in [0.25, 0.3) is 0 Å². The third-order valence-corrected chi connectivity index (χ3v) is 3.48. The van der Waals surface area contributed by atoms with Crippen molar-refractivity contribution in [3.05, 3.63) is 48.8 Å². The van der Waals surface area contributed by atoms with E-state index >= 15 is 0 Å². The number of hydrogen-bond donors (Lipinski definition) is 1. The fourth-order valence-electron chi connectivity index (χ4n) is 2.21. The predicted molar refractivity (Wildman–Crippen MR) is 82.4 cm³/mol. The minimum Gasteiger partial charge on any atom is -0.326 e. The molecule has 1 amide bonds. The summed E-state index contributed by atoms with van der Waals surface area (Å²) in [5, 5.41) is 2.99. The van der Waals surface area contributed by atoms with Crippen molar-refractivity contribution in [3.63, 3.8) is 0 Å². The monoisotopic (exact) mass is 268 g/mol. The van der Waals surface area contributed by atoms with E-state index in [0.29, 0.717) is 0 Å². The first-order valence-corrected chi connectivity index (χ1v) is 7.06. The number of nitrogens with zero attached hydrogens (tertiary/aromatic N) is 1. The molecule has 0 atom stereocenters. The van der Waals surface area contributed by atoms with Crippen molar-refractivity contribution in [2.24, 2.45) is 5.92 Å². The zero-order chi connectivity index (χ0) is 14.4. The molecular formula is C17H20N2O. The summed E-state index contributed by atoms with van der Waals surface area (Å²) < 4.78 is 0. The molecule has 0 saturated heterocycles. The Labute approximate surface area is 120 Å². The van der Waals surface area contributed by atoms with E-state index in [2.05, 4.69) is 10.3 Å². The van der Waals surface area contributed by atoms with Gasteiger partial charge in [-0.05, 0) is 36.6 Å². The lowest BCUT2D eigenvalue weighted by molar-refractivity contribution is -0.120. The number of amides is 1. The molecule has 0 radical (unpaired) electrons.